The van der Waals surface area contributed by atoms with E-state index in [4.69, 9.17) is 4.74 Å². The summed E-state index contributed by atoms with van der Waals surface area (Å²) in [5, 5.41) is 7.84. The van der Waals surface area contributed by atoms with Crippen LogP contribution in [0.15, 0.2) is 16.9 Å². The predicted molar refractivity (Wildman–Crippen MR) is 85.1 cm³/mol. The Morgan fingerprint density at radius 1 is 1.67 bits per heavy atom. The van der Waals surface area contributed by atoms with Gasteiger partial charge in [-0.25, -0.2) is 0 Å². The summed E-state index contributed by atoms with van der Waals surface area (Å²) in [7, 11) is 0. The van der Waals surface area contributed by atoms with Crippen molar-refractivity contribution in [3.63, 3.8) is 0 Å². The molecule has 0 bridgehead atoms. The van der Waals surface area contributed by atoms with Crippen molar-refractivity contribution in [3.8, 4) is 0 Å². The quantitative estimate of drug-likeness (QED) is 0.822. The molecule has 6 heteroatoms. The highest BCUT2D eigenvalue weighted by Gasteiger charge is 2.45. The largest absolute Gasteiger partial charge is 0.465 e. The zero-order valence-electron chi connectivity index (χ0n) is 12.9. The number of ether oxygens (including phenoxy) is 1. The Bertz CT molecular complexity index is 489. The highest BCUT2D eigenvalue weighted by Crippen LogP contribution is 2.37. The van der Waals surface area contributed by atoms with Gasteiger partial charge in [-0.2, -0.15) is 5.10 Å². The van der Waals surface area contributed by atoms with Crippen LogP contribution in [0.4, 0.5) is 0 Å². The molecule has 0 aromatic carbocycles. The number of hydrogen-bond acceptors (Lipinski definition) is 4. The molecule has 118 valence electrons. The van der Waals surface area contributed by atoms with Gasteiger partial charge in [-0.3, -0.25) is 14.8 Å². The normalized spacial score (nSPS) is 26.0. The van der Waals surface area contributed by atoms with Crippen molar-refractivity contribution >= 4 is 21.9 Å². The maximum atomic E-state index is 12.5. The van der Waals surface area contributed by atoms with Gasteiger partial charge >= 0.3 is 5.97 Å². The first-order valence-electron chi connectivity index (χ1n) is 7.61. The second kappa shape index (κ2) is 6.92. The van der Waals surface area contributed by atoms with E-state index in [9.17, 15) is 4.79 Å². The summed E-state index contributed by atoms with van der Waals surface area (Å²) in [5.74, 6) is -0.130. The van der Waals surface area contributed by atoms with E-state index < -0.39 is 5.54 Å². The van der Waals surface area contributed by atoms with Gasteiger partial charge in [-0.05, 0) is 62.4 Å². The molecule has 2 rings (SSSR count). The summed E-state index contributed by atoms with van der Waals surface area (Å²) < 4.78 is 8.26. The van der Waals surface area contributed by atoms with Gasteiger partial charge in [0.15, 0.2) is 0 Å². The molecule has 1 N–H and O–H groups in total. The predicted octanol–water partition coefficient (Wildman–Crippen LogP) is 3.06. The summed E-state index contributed by atoms with van der Waals surface area (Å²) in [4.78, 5) is 12.5. The Morgan fingerprint density at radius 3 is 3.00 bits per heavy atom. The van der Waals surface area contributed by atoms with Crippen molar-refractivity contribution in [1.82, 2.24) is 15.1 Å². The number of halogens is 1. The minimum Gasteiger partial charge on any atom is -0.465 e. The van der Waals surface area contributed by atoms with Crippen molar-refractivity contribution in [1.29, 1.82) is 0 Å². The van der Waals surface area contributed by atoms with E-state index >= 15 is 0 Å². The van der Waals surface area contributed by atoms with Crippen LogP contribution in [0.3, 0.4) is 0 Å². The Hall–Kier alpha value is -0.880. The van der Waals surface area contributed by atoms with Gasteiger partial charge in [0.1, 0.15) is 5.54 Å². The van der Waals surface area contributed by atoms with Gasteiger partial charge in [-0.1, -0.05) is 0 Å². The van der Waals surface area contributed by atoms with Gasteiger partial charge in [0.25, 0.3) is 0 Å². The van der Waals surface area contributed by atoms with Crippen LogP contribution in [0.25, 0.3) is 0 Å². The van der Waals surface area contributed by atoms with Gasteiger partial charge in [0.2, 0.25) is 0 Å². The molecule has 0 spiro atoms. The second-order valence-corrected chi connectivity index (χ2v) is 6.91. The van der Waals surface area contributed by atoms with Crippen LogP contribution in [0.5, 0.6) is 0 Å². The number of esters is 1. The number of carbonyl (C=O) groups is 1. The van der Waals surface area contributed by atoms with Crippen molar-refractivity contribution in [3.05, 3.63) is 16.9 Å². The Balaban J connectivity index is 2.21. The lowest BCUT2D eigenvalue weighted by molar-refractivity contribution is -0.154. The molecule has 0 radical (unpaired) electrons. The lowest BCUT2D eigenvalue weighted by atomic mass is 9.78. The molecule has 0 saturated heterocycles. The minimum absolute atomic E-state index is 0.130. The Kier molecular flexibility index (Phi) is 5.43. The SMILES string of the molecule is CCOC(=O)C1(NC(C)C)CCCC(n2cc(Br)cn2)C1. The fourth-order valence-electron chi connectivity index (χ4n) is 3.18. The molecular weight excluding hydrogens is 334 g/mol. The van der Waals surface area contributed by atoms with E-state index in [1.807, 2.05) is 17.8 Å². The molecule has 1 aromatic rings. The third kappa shape index (κ3) is 3.86. The zero-order chi connectivity index (χ0) is 15.5. The van der Waals surface area contributed by atoms with Crippen LogP contribution in [-0.4, -0.2) is 33.9 Å². The second-order valence-electron chi connectivity index (χ2n) is 5.99. The Labute approximate surface area is 134 Å². The molecule has 0 amide bonds. The van der Waals surface area contributed by atoms with Crippen LogP contribution in [0.2, 0.25) is 0 Å². The third-order valence-corrected chi connectivity index (χ3v) is 4.31. The van der Waals surface area contributed by atoms with Crippen LogP contribution < -0.4 is 5.32 Å². The average molecular weight is 358 g/mol. The molecule has 5 nitrogen and oxygen atoms in total. The fourth-order valence-corrected chi connectivity index (χ4v) is 3.48. The van der Waals surface area contributed by atoms with E-state index in [1.165, 1.54) is 0 Å². The summed E-state index contributed by atoms with van der Waals surface area (Å²) >= 11 is 3.43. The molecule has 2 atom stereocenters. The molecule has 2 unspecified atom stereocenters. The highest BCUT2D eigenvalue weighted by atomic mass is 79.9. The van der Waals surface area contributed by atoms with Gasteiger partial charge < -0.3 is 4.74 Å². The maximum absolute atomic E-state index is 12.5. The molecule has 21 heavy (non-hydrogen) atoms. The van der Waals surface area contributed by atoms with E-state index in [1.54, 1.807) is 6.20 Å². The third-order valence-electron chi connectivity index (χ3n) is 3.90. The molecule has 1 heterocycles. The van der Waals surface area contributed by atoms with Crippen LogP contribution in [0, 0.1) is 0 Å². The molecule has 1 saturated carbocycles. The Morgan fingerprint density at radius 2 is 2.43 bits per heavy atom. The lowest BCUT2D eigenvalue weighted by Gasteiger charge is -2.40. The number of nitrogens with zero attached hydrogens (tertiary/aromatic N) is 2. The summed E-state index contributed by atoms with van der Waals surface area (Å²) in [6, 6.07) is 0.457. The number of rotatable bonds is 5. The highest BCUT2D eigenvalue weighted by molar-refractivity contribution is 9.10. The van der Waals surface area contributed by atoms with Crippen LogP contribution in [-0.2, 0) is 9.53 Å². The summed E-state index contributed by atoms with van der Waals surface area (Å²) in [6.45, 7) is 6.40. The minimum atomic E-state index is -0.592. The summed E-state index contributed by atoms with van der Waals surface area (Å²) in [6.07, 6.45) is 7.33. The van der Waals surface area contributed by atoms with Gasteiger partial charge in [0, 0.05) is 12.2 Å². The first-order valence-corrected chi connectivity index (χ1v) is 8.40. The van der Waals surface area contributed by atoms with Gasteiger partial charge in [-0.15, -0.1) is 0 Å². The average Bonchev–Trinajstić information content (AvgIpc) is 2.85. The molecule has 1 aliphatic carbocycles. The fraction of sp³-hybridized carbons (Fsp3) is 0.733. The standard InChI is InChI=1S/C15H24BrN3O2/c1-4-21-14(20)15(18-11(2)3)7-5-6-13(8-15)19-10-12(16)9-17-19/h9-11,13,18H,4-8H2,1-3H3. The van der Waals surface area contributed by atoms with Crippen molar-refractivity contribution in [2.45, 2.75) is 64.1 Å². The molecule has 0 aliphatic heterocycles. The summed E-state index contributed by atoms with van der Waals surface area (Å²) in [5.41, 5.74) is -0.592. The van der Waals surface area contributed by atoms with E-state index in [2.05, 4.69) is 40.2 Å². The van der Waals surface area contributed by atoms with E-state index in [0.29, 0.717) is 6.61 Å². The zero-order valence-corrected chi connectivity index (χ0v) is 14.5. The van der Waals surface area contributed by atoms with Crippen LogP contribution in [0.1, 0.15) is 52.5 Å². The molecule has 1 aromatic heterocycles. The van der Waals surface area contributed by atoms with Crippen LogP contribution >= 0.6 is 15.9 Å². The smallest absolute Gasteiger partial charge is 0.326 e. The van der Waals surface area contributed by atoms with Crippen molar-refractivity contribution in [2.75, 3.05) is 6.61 Å². The number of nitrogens with one attached hydrogen (secondary N) is 1. The van der Waals surface area contributed by atoms with E-state index in [-0.39, 0.29) is 18.1 Å². The number of aromatic nitrogens is 2. The topological polar surface area (TPSA) is 56.1 Å². The molecular formula is C15H24BrN3O2. The first-order chi connectivity index (χ1) is 9.97. The van der Waals surface area contributed by atoms with Crippen molar-refractivity contribution < 1.29 is 9.53 Å². The number of hydrogen-bond donors (Lipinski definition) is 1. The lowest BCUT2D eigenvalue weighted by Crippen LogP contribution is -2.58. The molecule has 1 fully saturated rings. The maximum Gasteiger partial charge on any atom is 0.326 e. The first kappa shape index (κ1) is 16.5. The monoisotopic (exact) mass is 357 g/mol. The number of carbonyl (C=O) groups excluding carboxylic acids is 1. The van der Waals surface area contributed by atoms with Crippen molar-refractivity contribution in [2.24, 2.45) is 0 Å². The van der Waals surface area contributed by atoms with Gasteiger partial charge in [0.05, 0.1) is 23.3 Å². The molecule has 1 aliphatic rings. The van der Waals surface area contributed by atoms with E-state index in [0.717, 1.165) is 30.2 Å².